The van der Waals surface area contributed by atoms with Crippen LogP contribution in [0.4, 0.5) is 4.39 Å². The molecule has 0 bridgehead atoms. The molecule has 0 unspecified atom stereocenters. The number of nitrogens with one attached hydrogen (secondary N) is 2. The highest BCUT2D eigenvalue weighted by molar-refractivity contribution is 5.91. The average molecular weight is 304 g/mol. The maximum absolute atomic E-state index is 13.3. The Labute approximate surface area is 126 Å². The molecule has 0 spiro atoms. The van der Waals surface area contributed by atoms with Gasteiger partial charge in [-0.15, -0.1) is 0 Å². The SMILES string of the molecule is Cc1c([C@H](C)NC(=O)[C@H]2CCC(=O)N2)oc2ccc(F)cc12. The number of aryl methyl sites for hydroxylation is 1. The molecular weight excluding hydrogens is 287 g/mol. The monoisotopic (exact) mass is 304 g/mol. The molecule has 1 aliphatic heterocycles. The molecule has 2 amide bonds. The van der Waals surface area contributed by atoms with Crippen molar-refractivity contribution < 1.29 is 18.4 Å². The Kier molecular flexibility index (Phi) is 3.60. The molecule has 5 nitrogen and oxygen atoms in total. The molecule has 1 aromatic heterocycles. The van der Waals surface area contributed by atoms with Crippen molar-refractivity contribution >= 4 is 22.8 Å². The number of halogens is 1. The van der Waals surface area contributed by atoms with E-state index < -0.39 is 6.04 Å². The maximum atomic E-state index is 13.3. The summed E-state index contributed by atoms with van der Waals surface area (Å²) in [4.78, 5) is 23.3. The molecule has 1 fully saturated rings. The van der Waals surface area contributed by atoms with Crippen molar-refractivity contribution in [2.75, 3.05) is 0 Å². The van der Waals surface area contributed by atoms with E-state index >= 15 is 0 Å². The molecule has 2 heterocycles. The van der Waals surface area contributed by atoms with Crippen LogP contribution in [-0.4, -0.2) is 17.9 Å². The Morgan fingerprint density at radius 2 is 2.27 bits per heavy atom. The van der Waals surface area contributed by atoms with Crippen molar-refractivity contribution in [2.45, 2.75) is 38.8 Å². The van der Waals surface area contributed by atoms with Crippen LogP contribution in [0.1, 0.15) is 37.1 Å². The van der Waals surface area contributed by atoms with Gasteiger partial charge in [-0.1, -0.05) is 0 Å². The second kappa shape index (κ2) is 5.44. The third-order valence-corrected chi connectivity index (χ3v) is 4.00. The Balaban J connectivity index is 1.80. The van der Waals surface area contributed by atoms with Crippen molar-refractivity contribution in [3.63, 3.8) is 0 Å². The lowest BCUT2D eigenvalue weighted by Crippen LogP contribution is -2.42. The second-order valence-corrected chi connectivity index (χ2v) is 5.62. The van der Waals surface area contributed by atoms with Crippen molar-refractivity contribution in [1.29, 1.82) is 0 Å². The van der Waals surface area contributed by atoms with Gasteiger partial charge in [-0.25, -0.2) is 4.39 Å². The summed E-state index contributed by atoms with van der Waals surface area (Å²) in [5.41, 5.74) is 1.39. The molecule has 6 heteroatoms. The van der Waals surface area contributed by atoms with Gasteiger partial charge in [-0.05, 0) is 38.5 Å². The van der Waals surface area contributed by atoms with Gasteiger partial charge in [0.25, 0.3) is 0 Å². The number of furan rings is 1. The first-order valence-electron chi connectivity index (χ1n) is 7.24. The first kappa shape index (κ1) is 14.6. The summed E-state index contributed by atoms with van der Waals surface area (Å²) in [7, 11) is 0. The molecule has 116 valence electrons. The van der Waals surface area contributed by atoms with Crippen LogP contribution in [0, 0.1) is 12.7 Å². The Morgan fingerprint density at radius 1 is 1.50 bits per heavy atom. The topological polar surface area (TPSA) is 71.3 Å². The zero-order valence-corrected chi connectivity index (χ0v) is 12.4. The van der Waals surface area contributed by atoms with Crippen LogP contribution in [-0.2, 0) is 9.59 Å². The second-order valence-electron chi connectivity index (χ2n) is 5.62. The minimum atomic E-state index is -0.489. The number of benzene rings is 1. The van der Waals surface area contributed by atoms with Crippen molar-refractivity contribution in [3.8, 4) is 0 Å². The smallest absolute Gasteiger partial charge is 0.243 e. The molecule has 0 radical (unpaired) electrons. The highest BCUT2D eigenvalue weighted by Crippen LogP contribution is 2.30. The molecule has 1 aliphatic rings. The fourth-order valence-electron chi connectivity index (χ4n) is 2.82. The predicted octanol–water partition coefficient (Wildman–Crippen LogP) is 2.34. The van der Waals surface area contributed by atoms with E-state index in [0.29, 0.717) is 29.6 Å². The number of carbonyl (C=O) groups is 2. The first-order chi connectivity index (χ1) is 10.5. The molecule has 1 aromatic carbocycles. The molecule has 3 rings (SSSR count). The summed E-state index contributed by atoms with van der Waals surface area (Å²) in [6, 6.07) is 3.49. The summed E-state index contributed by atoms with van der Waals surface area (Å²) in [5.74, 6) is -0.0702. The highest BCUT2D eigenvalue weighted by atomic mass is 19.1. The quantitative estimate of drug-likeness (QED) is 0.914. The normalized spacial score (nSPS) is 19.2. The van der Waals surface area contributed by atoms with E-state index in [1.807, 2.05) is 6.92 Å². The Bertz CT molecular complexity index is 753. The van der Waals surface area contributed by atoms with Gasteiger partial charge in [0.2, 0.25) is 11.8 Å². The molecule has 1 saturated heterocycles. The summed E-state index contributed by atoms with van der Waals surface area (Å²) in [6.45, 7) is 3.64. The molecule has 0 aliphatic carbocycles. The molecule has 2 atom stereocenters. The fraction of sp³-hybridized carbons (Fsp3) is 0.375. The van der Waals surface area contributed by atoms with Gasteiger partial charge in [0.05, 0.1) is 6.04 Å². The van der Waals surface area contributed by atoms with Crippen LogP contribution in [0.25, 0.3) is 11.0 Å². The number of rotatable bonds is 3. The lowest BCUT2D eigenvalue weighted by molar-refractivity contribution is -0.126. The van der Waals surface area contributed by atoms with Gasteiger partial charge in [-0.3, -0.25) is 9.59 Å². The summed E-state index contributed by atoms with van der Waals surface area (Å²) >= 11 is 0. The molecular formula is C16H17FN2O3. The lowest BCUT2D eigenvalue weighted by atomic mass is 10.1. The van der Waals surface area contributed by atoms with E-state index in [4.69, 9.17) is 4.42 Å². The standard InChI is InChI=1S/C16H17FN2O3/c1-8-11-7-10(17)3-5-13(11)22-15(8)9(2)18-16(21)12-4-6-14(20)19-12/h3,5,7,9,12H,4,6H2,1-2H3,(H,18,21)(H,19,20)/t9-,12+/m0/s1. The van der Waals surface area contributed by atoms with E-state index in [1.165, 1.54) is 12.1 Å². The van der Waals surface area contributed by atoms with E-state index in [2.05, 4.69) is 10.6 Å². The van der Waals surface area contributed by atoms with Crippen LogP contribution < -0.4 is 10.6 Å². The van der Waals surface area contributed by atoms with Crippen molar-refractivity contribution in [2.24, 2.45) is 0 Å². The van der Waals surface area contributed by atoms with Gasteiger partial charge >= 0.3 is 0 Å². The largest absolute Gasteiger partial charge is 0.459 e. The zero-order valence-electron chi connectivity index (χ0n) is 12.4. The van der Waals surface area contributed by atoms with Crippen LogP contribution in [0.15, 0.2) is 22.6 Å². The van der Waals surface area contributed by atoms with Gasteiger partial charge in [-0.2, -0.15) is 0 Å². The summed E-state index contributed by atoms with van der Waals surface area (Å²) in [6.07, 6.45) is 0.872. The third-order valence-electron chi connectivity index (χ3n) is 4.00. The van der Waals surface area contributed by atoms with Gasteiger partial charge < -0.3 is 15.1 Å². The number of hydrogen-bond donors (Lipinski definition) is 2. The van der Waals surface area contributed by atoms with Crippen LogP contribution in [0.5, 0.6) is 0 Å². The first-order valence-corrected chi connectivity index (χ1v) is 7.24. The average Bonchev–Trinajstić information content (AvgIpc) is 3.04. The summed E-state index contributed by atoms with van der Waals surface area (Å²) < 4.78 is 19.1. The number of hydrogen-bond acceptors (Lipinski definition) is 3. The number of amides is 2. The molecule has 2 N–H and O–H groups in total. The van der Waals surface area contributed by atoms with Crippen molar-refractivity contribution in [3.05, 3.63) is 35.3 Å². The minimum Gasteiger partial charge on any atom is -0.459 e. The van der Waals surface area contributed by atoms with Crippen LogP contribution >= 0.6 is 0 Å². The van der Waals surface area contributed by atoms with E-state index in [1.54, 1.807) is 13.0 Å². The third kappa shape index (κ3) is 2.56. The molecule has 22 heavy (non-hydrogen) atoms. The number of fused-ring (bicyclic) bond motifs is 1. The van der Waals surface area contributed by atoms with Gasteiger partial charge in [0.15, 0.2) is 0 Å². The Hall–Kier alpha value is -2.37. The highest BCUT2D eigenvalue weighted by Gasteiger charge is 2.29. The van der Waals surface area contributed by atoms with Gasteiger partial charge in [0, 0.05) is 17.4 Å². The summed E-state index contributed by atoms with van der Waals surface area (Å²) in [5, 5.41) is 6.16. The predicted molar refractivity (Wildman–Crippen MR) is 78.6 cm³/mol. The lowest BCUT2D eigenvalue weighted by Gasteiger charge is -2.16. The minimum absolute atomic E-state index is 0.108. The Morgan fingerprint density at radius 3 is 2.95 bits per heavy atom. The van der Waals surface area contributed by atoms with Crippen molar-refractivity contribution in [1.82, 2.24) is 10.6 Å². The zero-order chi connectivity index (χ0) is 15.9. The number of carbonyl (C=O) groups excluding carboxylic acids is 2. The van der Waals surface area contributed by atoms with E-state index in [0.717, 1.165) is 5.56 Å². The van der Waals surface area contributed by atoms with E-state index in [9.17, 15) is 14.0 Å². The maximum Gasteiger partial charge on any atom is 0.243 e. The fourth-order valence-corrected chi connectivity index (χ4v) is 2.82. The van der Waals surface area contributed by atoms with E-state index in [-0.39, 0.29) is 23.7 Å². The molecule has 2 aromatic rings. The van der Waals surface area contributed by atoms with Crippen LogP contribution in [0.2, 0.25) is 0 Å². The van der Waals surface area contributed by atoms with Gasteiger partial charge in [0.1, 0.15) is 23.2 Å². The van der Waals surface area contributed by atoms with Crippen LogP contribution in [0.3, 0.4) is 0 Å². The molecule has 0 saturated carbocycles.